The van der Waals surface area contributed by atoms with Gasteiger partial charge in [0.1, 0.15) is 0 Å². The Morgan fingerprint density at radius 3 is 2.48 bits per heavy atom. The summed E-state index contributed by atoms with van der Waals surface area (Å²) in [5, 5.41) is 2.94. The topological polar surface area (TPSA) is 69.7 Å². The highest BCUT2D eigenvalue weighted by atomic mass is 32.2. The van der Waals surface area contributed by atoms with Crippen LogP contribution in [-0.2, 0) is 14.8 Å². The predicted octanol–water partition coefficient (Wildman–Crippen LogP) is 2.72. The summed E-state index contributed by atoms with van der Waals surface area (Å²) in [4.78, 5) is 14.5. The Bertz CT molecular complexity index is 810. The summed E-state index contributed by atoms with van der Waals surface area (Å²) in [6.45, 7) is 9.18. The quantitative estimate of drug-likeness (QED) is 0.545. The van der Waals surface area contributed by atoms with Crippen molar-refractivity contribution >= 4 is 27.7 Å². The average Bonchev–Trinajstić information content (AvgIpc) is 3.02. The van der Waals surface area contributed by atoms with Gasteiger partial charge >= 0.3 is 0 Å². The molecular formula is C22H33N3O3S. The molecule has 6 nitrogen and oxygen atoms in total. The number of carbonyl (C=O) groups excluding carboxylic acids is 1. The normalized spacial score (nSPS) is 24.8. The minimum absolute atomic E-state index is 0.100. The fourth-order valence-electron chi connectivity index (χ4n) is 4.40. The number of hydrogen-bond donors (Lipinski definition) is 1. The van der Waals surface area contributed by atoms with Gasteiger partial charge in [-0.15, -0.1) is 0 Å². The fraction of sp³-hybridized carbons (Fsp3) is 0.591. The van der Waals surface area contributed by atoms with Crippen LogP contribution in [0.2, 0.25) is 0 Å². The highest BCUT2D eigenvalue weighted by Gasteiger charge is 2.28. The summed E-state index contributed by atoms with van der Waals surface area (Å²) in [5.41, 5.74) is 1.56. The van der Waals surface area contributed by atoms with Gasteiger partial charge in [0.05, 0.1) is 11.4 Å². The molecule has 0 aromatic heterocycles. The summed E-state index contributed by atoms with van der Waals surface area (Å²) >= 11 is 0. The van der Waals surface area contributed by atoms with E-state index in [0.29, 0.717) is 25.2 Å². The van der Waals surface area contributed by atoms with Crippen LogP contribution in [-0.4, -0.2) is 57.7 Å². The van der Waals surface area contributed by atoms with Gasteiger partial charge in [-0.3, -0.25) is 9.10 Å². The zero-order chi connectivity index (χ0) is 20.9. The van der Waals surface area contributed by atoms with E-state index in [9.17, 15) is 13.2 Å². The van der Waals surface area contributed by atoms with Crippen LogP contribution >= 0.6 is 0 Å². The maximum Gasteiger partial charge on any atom is 0.243 e. The van der Waals surface area contributed by atoms with Crippen LogP contribution in [0.15, 0.2) is 30.3 Å². The highest BCUT2D eigenvalue weighted by Crippen LogP contribution is 2.24. The van der Waals surface area contributed by atoms with Crippen LogP contribution in [0.1, 0.15) is 38.7 Å². The Morgan fingerprint density at radius 2 is 1.86 bits per heavy atom. The van der Waals surface area contributed by atoms with Crippen LogP contribution in [0.3, 0.4) is 0 Å². The molecule has 2 saturated heterocycles. The molecule has 0 bridgehead atoms. The number of nitrogens with one attached hydrogen (secondary N) is 1. The van der Waals surface area contributed by atoms with Crippen molar-refractivity contribution in [1.82, 2.24) is 10.2 Å². The first-order valence-electron chi connectivity index (χ1n) is 10.6. The Morgan fingerprint density at radius 1 is 1.17 bits per heavy atom. The fourth-order valence-corrected chi connectivity index (χ4v) is 5.97. The Labute approximate surface area is 175 Å². The van der Waals surface area contributed by atoms with E-state index < -0.39 is 10.0 Å². The van der Waals surface area contributed by atoms with Gasteiger partial charge in [0.2, 0.25) is 15.9 Å². The van der Waals surface area contributed by atoms with Gasteiger partial charge in [0, 0.05) is 32.3 Å². The number of carbonyl (C=O) groups is 1. The molecule has 0 radical (unpaired) electrons. The van der Waals surface area contributed by atoms with Gasteiger partial charge in [-0.05, 0) is 61.4 Å². The van der Waals surface area contributed by atoms with Gasteiger partial charge < -0.3 is 10.2 Å². The molecule has 1 amide bonds. The lowest BCUT2D eigenvalue weighted by Crippen LogP contribution is -2.40. The van der Waals surface area contributed by atoms with E-state index in [1.807, 2.05) is 12.1 Å². The van der Waals surface area contributed by atoms with Gasteiger partial charge in [0.15, 0.2) is 0 Å². The number of benzene rings is 1. The average molecular weight is 420 g/mol. The largest absolute Gasteiger partial charge is 0.353 e. The molecule has 7 heteroatoms. The minimum atomic E-state index is -3.16. The number of anilines is 1. The molecular weight excluding hydrogens is 386 g/mol. The molecule has 1 aromatic carbocycles. The molecule has 2 unspecified atom stereocenters. The van der Waals surface area contributed by atoms with Crippen molar-refractivity contribution in [2.75, 3.05) is 42.8 Å². The van der Waals surface area contributed by atoms with E-state index in [2.05, 4.69) is 24.1 Å². The maximum atomic E-state index is 12.0. The van der Waals surface area contributed by atoms with Gasteiger partial charge in [-0.2, -0.15) is 0 Å². The number of sulfonamides is 1. The second-order valence-corrected chi connectivity index (χ2v) is 10.5. The molecule has 0 aliphatic carbocycles. The van der Waals surface area contributed by atoms with Crippen molar-refractivity contribution in [3.05, 3.63) is 35.9 Å². The van der Waals surface area contributed by atoms with E-state index in [1.54, 1.807) is 18.2 Å². The molecule has 2 aliphatic heterocycles. The molecule has 1 N–H and O–H groups in total. The van der Waals surface area contributed by atoms with E-state index in [4.69, 9.17) is 0 Å². The number of rotatable bonds is 7. The summed E-state index contributed by atoms with van der Waals surface area (Å²) in [5.74, 6) is 1.63. The molecule has 1 aromatic rings. The van der Waals surface area contributed by atoms with E-state index in [-0.39, 0.29) is 11.7 Å². The second-order valence-electron chi connectivity index (χ2n) is 8.52. The number of amides is 1. The molecule has 160 valence electrons. The number of likely N-dealkylation sites (tertiary alicyclic amines) is 1. The molecule has 2 fully saturated rings. The molecule has 0 spiro atoms. The Kier molecular flexibility index (Phi) is 7.35. The predicted molar refractivity (Wildman–Crippen MR) is 118 cm³/mol. The third-order valence-electron chi connectivity index (χ3n) is 5.60. The zero-order valence-corrected chi connectivity index (χ0v) is 18.3. The monoisotopic (exact) mass is 419 g/mol. The van der Waals surface area contributed by atoms with Crippen molar-refractivity contribution in [2.24, 2.45) is 11.8 Å². The van der Waals surface area contributed by atoms with Crippen molar-refractivity contribution in [2.45, 2.75) is 33.1 Å². The number of piperidine rings is 1. The lowest BCUT2D eigenvalue weighted by atomic mass is 9.92. The maximum absolute atomic E-state index is 12.0. The molecule has 2 heterocycles. The minimum Gasteiger partial charge on any atom is -0.353 e. The first-order valence-corrected chi connectivity index (χ1v) is 12.2. The van der Waals surface area contributed by atoms with Crippen molar-refractivity contribution < 1.29 is 13.2 Å². The van der Waals surface area contributed by atoms with Gasteiger partial charge in [-0.25, -0.2) is 8.42 Å². The van der Waals surface area contributed by atoms with Gasteiger partial charge in [0.25, 0.3) is 0 Å². The zero-order valence-electron chi connectivity index (χ0n) is 17.5. The first kappa shape index (κ1) is 21.8. The molecule has 0 saturated carbocycles. The first-order chi connectivity index (χ1) is 13.8. The van der Waals surface area contributed by atoms with Crippen LogP contribution in [0.4, 0.5) is 5.69 Å². The molecule has 29 heavy (non-hydrogen) atoms. The third-order valence-corrected chi connectivity index (χ3v) is 7.47. The van der Waals surface area contributed by atoms with Crippen LogP contribution in [0, 0.1) is 11.8 Å². The van der Waals surface area contributed by atoms with Crippen molar-refractivity contribution in [3.63, 3.8) is 0 Å². The van der Waals surface area contributed by atoms with E-state index in [1.165, 1.54) is 16.8 Å². The summed E-state index contributed by atoms with van der Waals surface area (Å²) in [6, 6.07) is 7.26. The Balaban J connectivity index is 1.40. The van der Waals surface area contributed by atoms with Crippen LogP contribution < -0.4 is 9.62 Å². The summed E-state index contributed by atoms with van der Waals surface area (Å²) in [6.07, 6.45) is 6.23. The van der Waals surface area contributed by atoms with Crippen LogP contribution in [0.5, 0.6) is 0 Å². The number of nitrogens with zero attached hydrogens (tertiary/aromatic N) is 2. The lowest BCUT2D eigenvalue weighted by molar-refractivity contribution is -0.116. The highest BCUT2D eigenvalue weighted by molar-refractivity contribution is 7.93. The standard InChI is InChI=1S/C22H33N3O3S/c1-18-15-19(2)17-24(16-18)12-3-11-23-22(26)10-7-20-5-8-21(9-6-20)25-13-4-14-29(25,27)28/h5-10,18-19H,3-4,11-17H2,1-2H3,(H,23,26). The SMILES string of the molecule is CC1CC(C)CN(CCCNC(=O)C=Cc2ccc(N3CCCS3(=O)=O)cc2)C1. The molecule has 2 atom stereocenters. The van der Waals surface area contributed by atoms with E-state index in [0.717, 1.165) is 43.5 Å². The van der Waals surface area contributed by atoms with Crippen molar-refractivity contribution in [3.8, 4) is 0 Å². The van der Waals surface area contributed by atoms with Gasteiger partial charge in [-0.1, -0.05) is 26.0 Å². The van der Waals surface area contributed by atoms with Crippen molar-refractivity contribution in [1.29, 1.82) is 0 Å². The summed E-state index contributed by atoms with van der Waals surface area (Å²) < 4.78 is 25.4. The molecule has 2 aliphatic rings. The third kappa shape index (κ3) is 6.31. The number of hydrogen-bond acceptors (Lipinski definition) is 4. The van der Waals surface area contributed by atoms with E-state index >= 15 is 0 Å². The smallest absolute Gasteiger partial charge is 0.243 e. The summed E-state index contributed by atoms with van der Waals surface area (Å²) in [7, 11) is -3.16. The lowest BCUT2D eigenvalue weighted by Gasteiger charge is -2.34. The van der Waals surface area contributed by atoms with Crippen LogP contribution in [0.25, 0.3) is 6.08 Å². The molecule has 3 rings (SSSR count). The second kappa shape index (κ2) is 9.76. The Hall–Kier alpha value is -1.86.